The van der Waals surface area contributed by atoms with E-state index in [1.807, 2.05) is 36.4 Å². The van der Waals surface area contributed by atoms with Gasteiger partial charge >= 0.3 is 0 Å². The smallest absolute Gasteiger partial charge is 0.224 e. The number of aryl methyl sites for hydroxylation is 2. The lowest BCUT2D eigenvalue weighted by molar-refractivity contribution is -0.116. The number of rotatable bonds is 4. The molecule has 0 radical (unpaired) electrons. The largest absolute Gasteiger partial charge is 0.326 e. The van der Waals surface area contributed by atoms with Gasteiger partial charge < -0.3 is 5.32 Å². The molecule has 0 atom stereocenters. The van der Waals surface area contributed by atoms with Crippen LogP contribution in [0.3, 0.4) is 0 Å². The monoisotopic (exact) mass is 422 g/mol. The predicted molar refractivity (Wildman–Crippen MR) is 100 cm³/mol. The number of aromatic nitrogens is 1. The minimum atomic E-state index is 0.0268. The van der Waals surface area contributed by atoms with Gasteiger partial charge in [-0.25, -0.2) is 4.98 Å². The maximum absolute atomic E-state index is 12.1. The van der Waals surface area contributed by atoms with Crippen molar-refractivity contribution in [3.63, 3.8) is 0 Å². The van der Waals surface area contributed by atoms with Gasteiger partial charge in [-0.2, -0.15) is 0 Å². The first-order valence-corrected chi connectivity index (χ1v) is 8.92. The lowest BCUT2D eigenvalue weighted by atomic mass is 10.2. The van der Waals surface area contributed by atoms with Crippen LogP contribution in [0, 0.1) is 10.5 Å². The van der Waals surface area contributed by atoms with Crippen molar-refractivity contribution < 1.29 is 4.79 Å². The number of nitrogens with zero attached hydrogens (tertiary/aromatic N) is 1. The molecule has 3 nitrogen and oxygen atoms in total. The van der Waals surface area contributed by atoms with Gasteiger partial charge in [0.05, 0.1) is 15.2 Å². The van der Waals surface area contributed by atoms with Gasteiger partial charge in [-0.05, 0) is 59.3 Å². The summed E-state index contributed by atoms with van der Waals surface area (Å²) < 4.78 is 2.33. The average Bonchev–Trinajstić information content (AvgIpc) is 2.92. The number of benzene rings is 2. The molecule has 3 rings (SSSR count). The Morgan fingerprint density at radius 1 is 1.27 bits per heavy atom. The number of carbonyl (C=O) groups is 1. The van der Waals surface area contributed by atoms with E-state index in [-0.39, 0.29) is 5.91 Å². The molecule has 0 spiro atoms. The first kappa shape index (κ1) is 15.4. The number of para-hydroxylation sites is 1. The van der Waals surface area contributed by atoms with Gasteiger partial charge in [0.1, 0.15) is 0 Å². The van der Waals surface area contributed by atoms with Crippen molar-refractivity contribution >= 4 is 55.7 Å². The van der Waals surface area contributed by atoms with E-state index in [1.165, 1.54) is 10.3 Å². The lowest BCUT2D eigenvalue weighted by Crippen LogP contribution is -2.12. The fourth-order valence-electron chi connectivity index (χ4n) is 2.14. The van der Waals surface area contributed by atoms with Crippen LogP contribution in [-0.4, -0.2) is 10.9 Å². The predicted octanol–water partition coefficient (Wildman–Crippen LogP) is 4.78. The third kappa shape index (κ3) is 3.64. The zero-order chi connectivity index (χ0) is 15.5. The molecule has 0 aliphatic carbocycles. The third-order valence-corrected chi connectivity index (χ3v) is 5.62. The Kier molecular flexibility index (Phi) is 4.73. The van der Waals surface area contributed by atoms with Gasteiger partial charge in [0.25, 0.3) is 0 Å². The summed E-state index contributed by atoms with van der Waals surface area (Å²) in [6, 6.07) is 14.0. The fraction of sp³-hybridized carbons (Fsp3) is 0.176. The molecular weight excluding hydrogens is 407 g/mol. The van der Waals surface area contributed by atoms with Gasteiger partial charge in [0.15, 0.2) is 0 Å². The topological polar surface area (TPSA) is 42.0 Å². The van der Waals surface area contributed by atoms with E-state index in [0.717, 1.165) is 19.8 Å². The molecule has 0 aliphatic rings. The summed E-state index contributed by atoms with van der Waals surface area (Å²) >= 11 is 3.93. The number of anilines is 1. The maximum atomic E-state index is 12.1. The molecule has 1 aromatic heterocycles. The second-order valence-electron chi connectivity index (χ2n) is 5.09. The van der Waals surface area contributed by atoms with Crippen LogP contribution in [0.25, 0.3) is 10.2 Å². The second kappa shape index (κ2) is 6.75. The van der Waals surface area contributed by atoms with Crippen molar-refractivity contribution in [2.75, 3.05) is 5.32 Å². The minimum absolute atomic E-state index is 0.0268. The van der Waals surface area contributed by atoms with E-state index in [4.69, 9.17) is 0 Å². The standard InChI is InChI=1S/C17H15IN2OS/c1-11-6-7-12(10-13(11)18)19-16(21)8-9-17-20-14-4-2-3-5-15(14)22-17/h2-7,10H,8-9H2,1H3,(H,19,21). The highest BCUT2D eigenvalue weighted by molar-refractivity contribution is 14.1. The number of hydrogen-bond donors (Lipinski definition) is 1. The molecule has 0 aliphatic heterocycles. The molecule has 5 heteroatoms. The molecule has 1 heterocycles. The SMILES string of the molecule is Cc1ccc(NC(=O)CCc2nc3ccccc3s2)cc1I. The Balaban J connectivity index is 1.60. The number of amides is 1. The van der Waals surface area contributed by atoms with Gasteiger partial charge in [0, 0.05) is 22.1 Å². The van der Waals surface area contributed by atoms with Crippen LogP contribution >= 0.6 is 33.9 Å². The molecule has 22 heavy (non-hydrogen) atoms. The summed E-state index contributed by atoms with van der Waals surface area (Å²) in [5, 5.41) is 3.96. The second-order valence-corrected chi connectivity index (χ2v) is 7.36. The highest BCUT2D eigenvalue weighted by Crippen LogP contribution is 2.23. The summed E-state index contributed by atoms with van der Waals surface area (Å²) in [6.07, 6.45) is 1.12. The van der Waals surface area contributed by atoms with Crippen LogP contribution < -0.4 is 5.32 Å². The quantitative estimate of drug-likeness (QED) is 0.615. The molecule has 0 saturated heterocycles. The average molecular weight is 422 g/mol. The summed E-state index contributed by atoms with van der Waals surface area (Å²) in [7, 11) is 0. The molecule has 112 valence electrons. The molecule has 0 fully saturated rings. The highest BCUT2D eigenvalue weighted by Gasteiger charge is 2.08. The van der Waals surface area contributed by atoms with E-state index < -0.39 is 0 Å². The van der Waals surface area contributed by atoms with E-state index in [0.29, 0.717) is 12.8 Å². The Morgan fingerprint density at radius 2 is 2.09 bits per heavy atom. The van der Waals surface area contributed by atoms with Crippen molar-refractivity contribution in [1.29, 1.82) is 0 Å². The number of carbonyl (C=O) groups excluding carboxylic acids is 1. The van der Waals surface area contributed by atoms with Crippen molar-refractivity contribution in [2.45, 2.75) is 19.8 Å². The van der Waals surface area contributed by atoms with E-state index in [1.54, 1.807) is 11.3 Å². The van der Waals surface area contributed by atoms with E-state index in [2.05, 4.69) is 45.9 Å². The number of hydrogen-bond acceptors (Lipinski definition) is 3. The molecule has 1 N–H and O–H groups in total. The van der Waals surface area contributed by atoms with Crippen molar-refractivity contribution in [1.82, 2.24) is 4.98 Å². The van der Waals surface area contributed by atoms with Gasteiger partial charge in [-0.1, -0.05) is 18.2 Å². The summed E-state index contributed by atoms with van der Waals surface area (Å²) in [4.78, 5) is 16.6. The number of thiazole rings is 1. The van der Waals surface area contributed by atoms with Gasteiger partial charge in [-0.3, -0.25) is 4.79 Å². The van der Waals surface area contributed by atoms with Crippen LogP contribution in [0.15, 0.2) is 42.5 Å². The first-order valence-electron chi connectivity index (χ1n) is 7.02. The molecule has 2 aromatic carbocycles. The fourth-order valence-corrected chi connectivity index (χ4v) is 3.62. The summed E-state index contributed by atoms with van der Waals surface area (Å²) in [5.74, 6) is 0.0268. The van der Waals surface area contributed by atoms with Crippen molar-refractivity contribution in [2.24, 2.45) is 0 Å². The van der Waals surface area contributed by atoms with Crippen LogP contribution in [0.1, 0.15) is 17.0 Å². The third-order valence-electron chi connectivity index (χ3n) is 3.36. The van der Waals surface area contributed by atoms with Crippen molar-refractivity contribution in [3.8, 4) is 0 Å². The molecule has 0 bridgehead atoms. The number of fused-ring (bicyclic) bond motifs is 1. The zero-order valence-corrected chi connectivity index (χ0v) is 15.1. The number of halogens is 1. The van der Waals surface area contributed by atoms with Crippen LogP contribution in [-0.2, 0) is 11.2 Å². The Hall–Kier alpha value is -1.47. The molecule has 0 unspecified atom stereocenters. The van der Waals surface area contributed by atoms with Gasteiger partial charge in [-0.15, -0.1) is 11.3 Å². The number of nitrogens with one attached hydrogen (secondary N) is 1. The van der Waals surface area contributed by atoms with E-state index in [9.17, 15) is 4.79 Å². The first-order chi connectivity index (χ1) is 10.6. The normalized spacial score (nSPS) is 10.8. The molecule has 3 aromatic rings. The van der Waals surface area contributed by atoms with Crippen LogP contribution in [0.2, 0.25) is 0 Å². The Bertz CT molecular complexity index is 795. The zero-order valence-electron chi connectivity index (χ0n) is 12.1. The lowest BCUT2D eigenvalue weighted by Gasteiger charge is -2.06. The maximum Gasteiger partial charge on any atom is 0.224 e. The van der Waals surface area contributed by atoms with Gasteiger partial charge in [0.2, 0.25) is 5.91 Å². The molecule has 1 amide bonds. The molecule has 0 saturated carbocycles. The van der Waals surface area contributed by atoms with Crippen molar-refractivity contribution in [3.05, 3.63) is 56.6 Å². The summed E-state index contributed by atoms with van der Waals surface area (Å²) in [5.41, 5.74) is 3.08. The minimum Gasteiger partial charge on any atom is -0.326 e. The molecular formula is C17H15IN2OS. The summed E-state index contributed by atoms with van der Waals surface area (Å²) in [6.45, 7) is 2.06. The van der Waals surface area contributed by atoms with Crippen LogP contribution in [0.5, 0.6) is 0 Å². The Labute approximate surface area is 146 Å². The Morgan fingerprint density at radius 3 is 2.86 bits per heavy atom. The highest BCUT2D eigenvalue weighted by atomic mass is 127. The van der Waals surface area contributed by atoms with E-state index >= 15 is 0 Å². The van der Waals surface area contributed by atoms with Crippen LogP contribution in [0.4, 0.5) is 5.69 Å².